The fourth-order valence-corrected chi connectivity index (χ4v) is 2.73. The molecule has 1 unspecified atom stereocenters. The van der Waals surface area contributed by atoms with Crippen molar-refractivity contribution in [1.29, 1.82) is 0 Å². The van der Waals surface area contributed by atoms with Crippen molar-refractivity contribution in [2.24, 2.45) is 0 Å². The molecular weight excluding hydrogens is 246 g/mol. The van der Waals surface area contributed by atoms with Crippen LogP contribution >= 0.6 is 11.5 Å². The number of rotatable bonds is 4. The summed E-state index contributed by atoms with van der Waals surface area (Å²) >= 11 is 1.42. The monoisotopic (exact) mass is 261 g/mol. The Morgan fingerprint density at radius 1 is 1.44 bits per heavy atom. The summed E-state index contributed by atoms with van der Waals surface area (Å²) in [6, 6.07) is 8.30. The number of hydrogen-bond acceptors (Lipinski definition) is 5. The molecule has 1 aromatic carbocycles. The molecule has 0 fully saturated rings. The first-order valence-electron chi connectivity index (χ1n) is 6.17. The Balaban J connectivity index is 1.73. The van der Waals surface area contributed by atoms with E-state index in [9.17, 15) is 0 Å². The molecule has 3 rings (SSSR count). The Morgan fingerprint density at radius 3 is 3.22 bits per heavy atom. The molecule has 1 atom stereocenters. The molecule has 0 saturated carbocycles. The standard InChI is InChI=1S/C13H15N3OS/c1-2-5-12-15-13(18-16-12)14-10-8-17-11-7-4-3-6-9(10)11/h3-4,6-7,10H,2,5,8H2,1H3,(H,14,15,16). The molecule has 1 aliphatic heterocycles. The third kappa shape index (κ3) is 2.18. The molecule has 1 aromatic heterocycles. The lowest BCUT2D eigenvalue weighted by atomic mass is 10.1. The zero-order chi connectivity index (χ0) is 12.4. The summed E-state index contributed by atoms with van der Waals surface area (Å²) in [5.74, 6) is 1.89. The number of para-hydroxylation sites is 1. The van der Waals surface area contributed by atoms with Crippen molar-refractivity contribution in [2.75, 3.05) is 11.9 Å². The molecule has 2 aromatic rings. The van der Waals surface area contributed by atoms with Crippen LogP contribution in [0.4, 0.5) is 5.13 Å². The van der Waals surface area contributed by atoms with Gasteiger partial charge in [-0.05, 0) is 12.5 Å². The lowest BCUT2D eigenvalue weighted by molar-refractivity contribution is 0.340. The number of anilines is 1. The summed E-state index contributed by atoms with van der Waals surface area (Å²) in [6.07, 6.45) is 2.02. The van der Waals surface area contributed by atoms with Gasteiger partial charge in [0.15, 0.2) is 0 Å². The molecule has 4 nitrogen and oxygen atoms in total. The lowest BCUT2D eigenvalue weighted by Gasteiger charge is -2.09. The third-order valence-electron chi connectivity index (χ3n) is 2.94. The number of nitrogens with one attached hydrogen (secondary N) is 1. The number of ether oxygens (including phenoxy) is 1. The van der Waals surface area contributed by atoms with E-state index in [2.05, 4.69) is 27.7 Å². The molecule has 0 aliphatic carbocycles. The minimum Gasteiger partial charge on any atom is -0.491 e. The summed E-state index contributed by atoms with van der Waals surface area (Å²) in [5, 5.41) is 4.27. The zero-order valence-electron chi connectivity index (χ0n) is 10.2. The van der Waals surface area contributed by atoms with Crippen molar-refractivity contribution in [3.63, 3.8) is 0 Å². The quantitative estimate of drug-likeness (QED) is 0.919. The number of nitrogens with zero attached hydrogens (tertiary/aromatic N) is 2. The van der Waals surface area contributed by atoms with E-state index >= 15 is 0 Å². The molecule has 0 amide bonds. The van der Waals surface area contributed by atoms with Gasteiger partial charge in [-0.15, -0.1) is 0 Å². The Hall–Kier alpha value is -1.62. The average Bonchev–Trinajstić information content (AvgIpc) is 2.99. The molecule has 1 aliphatic rings. The Kier molecular flexibility index (Phi) is 3.15. The van der Waals surface area contributed by atoms with Crippen LogP contribution in [0.1, 0.15) is 30.8 Å². The van der Waals surface area contributed by atoms with Gasteiger partial charge >= 0.3 is 0 Å². The van der Waals surface area contributed by atoms with Gasteiger partial charge < -0.3 is 10.1 Å². The van der Waals surface area contributed by atoms with Gasteiger partial charge in [0.05, 0.1) is 6.04 Å². The summed E-state index contributed by atoms with van der Waals surface area (Å²) in [6.45, 7) is 2.79. The van der Waals surface area contributed by atoms with E-state index in [0.29, 0.717) is 6.61 Å². The molecule has 2 heterocycles. The van der Waals surface area contributed by atoms with Crippen LogP contribution in [-0.4, -0.2) is 16.0 Å². The van der Waals surface area contributed by atoms with Gasteiger partial charge in [0.2, 0.25) is 5.13 Å². The van der Waals surface area contributed by atoms with Crippen LogP contribution in [0.25, 0.3) is 0 Å². The maximum atomic E-state index is 5.63. The van der Waals surface area contributed by atoms with Gasteiger partial charge in [0, 0.05) is 23.5 Å². The molecule has 0 spiro atoms. The van der Waals surface area contributed by atoms with E-state index < -0.39 is 0 Å². The topological polar surface area (TPSA) is 47.0 Å². The van der Waals surface area contributed by atoms with Gasteiger partial charge in [0.1, 0.15) is 18.2 Å². The van der Waals surface area contributed by atoms with E-state index in [1.807, 2.05) is 18.2 Å². The van der Waals surface area contributed by atoms with Gasteiger partial charge in [-0.3, -0.25) is 0 Å². The lowest BCUT2D eigenvalue weighted by Crippen LogP contribution is -2.11. The smallest absolute Gasteiger partial charge is 0.203 e. The Morgan fingerprint density at radius 2 is 2.33 bits per heavy atom. The Labute approximate surface area is 110 Å². The van der Waals surface area contributed by atoms with Crippen molar-refractivity contribution in [3.8, 4) is 5.75 Å². The van der Waals surface area contributed by atoms with Crippen LogP contribution in [0.15, 0.2) is 24.3 Å². The number of aryl methyl sites for hydroxylation is 1. The number of hydrogen-bond donors (Lipinski definition) is 1. The van der Waals surface area contributed by atoms with Crippen LogP contribution in [0, 0.1) is 0 Å². The molecule has 94 valence electrons. The first kappa shape index (κ1) is 11.5. The first-order chi connectivity index (χ1) is 8.86. The molecule has 0 bridgehead atoms. The summed E-state index contributed by atoms with van der Waals surface area (Å²) in [4.78, 5) is 4.48. The highest BCUT2D eigenvalue weighted by molar-refractivity contribution is 7.09. The van der Waals surface area contributed by atoms with E-state index in [1.54, 1.807) is 0 Å². The van der Waals surface area contributed by atoms with Crippen LogP contribution in [-0.2, 0) is 6.42 Å². The second-order valence-corrected chi connectivity index (χ2v) is 5.06. The normalized spacial score (nSPS) is 17.3. The SMILES string of the molecule is CCCc1nsc(NC2COc3ccccc32)n1. The minimum absolute atomic E-state index is 0.184. The summed E-state index contributed by atoms with van der Waals surface area (Å²) in [5.41, 5.74) is 1.20. The third-order valence-corrected chi connectivity index (χ3v) is 3.62. The van der Waals surface area contributed by atoms with Crippen LogP contribution in [0.3, 0.4) is 0 Å². The van der Waals surface area contributed by atoms with Crippen molar-refractivity contribution >= 4 is 16.7 Å². The number of aromatic nitrogens is 2. The van der Waals surface area contributed by atoms with E-state index in [-0.39, 0.29) is 6.04 Å². The van der Waals surface area contributed by atoms with Gasteiger partial charge in [-0.1, -0.05) is 25.1 Å². The summed E-state index contributed by atoms with van der Waals surface area (Å²) in [7, 11) is 0. The largest absolute Gasteiger partial charge is 0.491 e. The van der Waals surface area contributed by atoms with Crippen LogP contribution in [0.5, 0.6) is 5.75 Å². The number of benzene rings is 1. The highest BCUT2D eigenvalue weighted by Gasteiger charge is 2.24. The van der Waals surface area contributed by atoms with Gasteiger partial charge in [0.25, 0.3) is 0 Å². The van der Waals surface area contributed by atoms with E-state index in [0.717, 1.165) is 29.5 Å². The molecule has 1 N–H and O–H groups in total. The Bertz CT molecular complexity index is 541. The second kappa shape index (κ2) is 4.94. The van der Waals surface area contributed by atoms with Gasteiger partial charge in [-0.2, -0.15) is 4.37 Å². The molecule has 18 heavy (non-hydrogen) atoms. The molecule has 5 heteroatoms. The second-order valence-electron chi connectivity index (χ2n) is 4.31. The van der Waals surface area contributed by atoms with Crippen molar-refractivity contribution in [1.82, 2.24) is 9.36 Å². The fourth-order valence-electron chi connectivity index (χ4n) is 2.07. The van der Waals surface area contributed by atoms with E-state index in [1.165, 1.54) is 17.1 Å². The zero-order valence-corrected chi connectivity index (χ0v) is 11.0. The number of fused-ring (bicyclic) bond motifs is 1. The average molecular weight is 261 g/mol. The minimum atomic E-state index is 0.184. The van der Waals surface area contributed by atoms with Crippen LogP contribution in [0.2, 0.25) is 0 Å². The maximum absolute atomic E-state index is 5.63. The fraction of sp³-hybridized carbons (Fsp3) is 0.385. The maximum Gasteiger partial charge on any atom is 0.203 e. The molecule has 0 saturated heterocycles. The highest BCUT2D eigenvalue weighted by atomic mass is 32.1. The molecule has 0 radical (unpaired) electrons. The van der Waals surface area contributed by atoms with Crippen molar-refractivity contribution < 1.29 is 4.74 Å². The van der Waals surface area contributed by atoms with Crippen molar-refractivity contribution in [2.45, 2.75) is 25.8 Å². The van der Waals surface area contributed by atoms with Gasteiger partial charge in [-0.25, -0.2) is 4.98 Å². The highest BCUT2D eigenvalue weighted by Crippen LogP contribution is 2.34. The summed E-state index contributed by atoms with van der Waals surface area (Å²) < 4.78 is 9.96. The van der Waals surface area contributed by atoms with E-state index in [4.69, 9.17) is 4.74 Å². The predicted molar refractivity (Wildman–Crippen MR) is 72.2 cm³/mol. The first-order valence-corrected chi connectivity index (χ1v) is 6.95. The van der Waals surface area contributed by atoms with Crippen molar-refractivity contribution in [3.05, 3.63) is 35.7 Å². The molecular formula is C13H15N3OS. The van der Waals surface area contributed by atoms with Crippen LogP contribution < -0.4 is 10.1 Å². The predicted octanol–water partition coefficient (Wildman–Crippen LogP) is 3.04.